The maximum atomic E-state index is 14.1. The van der Waals surface area contributed by atoms with Gasteiger partial charge in [0.25, 0.3) is 0 Å². The normalized spacial score (nSPS) is 14.0. The molecular formula is C17H15FN2O. The summed E-state index contributed by atoms with van der Waals surface area (Å²) in [6.07, 6.45) is 0.786. The second kappa shape index (κ2) is 5.48. The fourth-order valence-electron chi connectivity index (χ4n) is 2.54. The van der Waals surface area contributed by atoms with E-state index >= 15 is 0 Å². The molecule has 1 amide bonds. The van der Waals surface area contributed by atoms with Gasteiger partial charge in [0.1, 0.15) is 12.4 Å². The van der Waals surface area contributed by atoms with E-state index in [1.165, 1.54) is 6.07 Å². The van der Waals surface area contributed by atoms with Crippen LogP contribution in [0.2, 0.25) is 0 Å². The highest BCUT2D eigenvalue weighted by Crippen LogP contribution is 2.27. The van der Waals surface area contributed by atoms with Crippen molar-refractivity contribution in [3.63, 3.8) is 0 Å². The highest BCUT2D eigenvalue weighted by molar-refractivity contribution is 6.19. The molecule has 0 atom stereocenters. The molecule has 1 aliphatic heterocycles. The van der Waals surface area contributed by atoms with Gasteiger partial charge in [-0.3, -0.25) is 9.79 Å². The largest absolute Gasteiger partial charge is 0.324 e. The molecule has 0 bridgehead atoms. The molecule has 2 aromatic rings. The van der Waals surface area contributed by atoms with Crippen molar-refractivity contribution in [3.05, 3.63) is 65.0 Å². The summed E-state index contributed by atoms with van der Waals surface area (Å²) in [6, 6.07) is 12.2. The van der Waals surface area contributed by atoms with Crippen molar-refractivity contribution < 1.29 is 9.18 Å². The monoisotopic (exact) mass is 282 g/mol. The van der Waals surface area contributed by atoms with Gasteiger partial charge in [-0.25, -0.2) is 4.39 Å². The first-order chi connectivity index (χ1) is 10.2. The first-order valence-corrected chi connectivity index (χ1v) is 6.92. The van der Waals surface area contributed by atoms with Gasteiger partial charge < -0.3 is 5.32 Å². The summed E-state index contributed by atoms with van der Waals surface area (Å²) >= 11 is 0. The second-order valence-electron chi connectivity index (χ2n) is 4.89. The number of carbonyl (C=O) groups excluding carboxylic acids is 1. The summed E-state index contributed by atoms with van der Waals surface area (Å²) in [5.41, 5.74) is 3.47. The number of anilines is 1. The Balaban J connectivity index is 2.24. The molecule has 2 aromatic carbocycles. The van der Waals surface area contributed by atoms with Crippen LogP contribution in [0.1, 0.15) is 23.6 Å². The average Bonchev–Trinajstić information content (AvgIpc) is 2.66. The molecule has 0 fully saturated rings. The third-order valence-electron chi connectivity index (χ3n) is 3.56. The zero-order chi connectivity index (χ0) is 14.8. The lowest BCUT2D eigenvalue weighted by molar-refractivity contribution is -0.114. The molecule has 0 aromatic heterocycles. The summed E-state index contributed by atoms with van der Waals surface area (Å²) < 4.78 is 14.1. The van der Waals surface area contributed by atoms with Gasteiger partial charge in [0, 0.05) is 11.1 Å². The van der Waals surface area contributed by atoms with E-state index in [1.54, 1.807) is 18.2 Å². The molecule has 0 unspecified atom stereocenters. The molecular weight excluding hydrogens is 267 g/mol. The topological polar surface area (TPSA) is 41.5 Å². The van der Waals surface area contributed by atoms with Crippen LogP contribution in [0.5, 0.6) is 0 Å². The number of aliphatic imine (C=N–C) groups is 1. The Morgan fingerprint density at radius 1 is 1.14 bits per heavy atom. The number of rotatable bonds is 2. The van der Waals surface area contributed by atoms with Crippen molar-refractivity contribution in [2.75, 3.05) is 11.9 Å². The van der Waals surface area contributed by atoms with Crippen LogP contribution in [0.4, 0.5) is 10.1 Å². The summed E-state index contributed by atoms with van der Waals surface area (Å²) in [7, 11) is 0. The number of benzene rings is 2. The van der Waals surface area contributed by atoms with Gasteiger partial charge in [-0.2, -0.15) is 0 Å². The molecule has 3 rings (SSSR count). The molecule has 0 radical (unpaired) electrons. The van der Waals surface area contributed by atoms with Crippen LogP contribution in [0.25, 0.3) is 0 Å². The number of halogens is 1. The minimum atomic E-state index is -0.335. The highest BCUT2D eigenvalue weighted by atomic mass is 19.1. The van der Waals surface area contributed by atoms with E-state index in [2.05, 4.69) is 10.3 Å². The fourth-order valence-corrected chi connectivity index (χ4v) is 2.54. The second-order valence-corrected chi connectivity index (χ2v) is 4.89. The molecule has 0 saturated carbocycles. The third-order valence-corrected chi connectivity index (χ3v) is 3.56. The molecule has 1 heterocycles. The standard InChI is InChI=1S/C17H15FN2O/c1-2-11-6-5-8-13-16(11)20-15(21)10-19-17(13)12-7-3-4-9-14(12)18/h3-9H,2,10H2,1H3,(H,20,21). The number of nitrogens with one attached hydrogen (secondary N) is 1. The van der Waals surface area contributed by atoms with Crippen molar-refractivity contribution in [2.45, 2.75) is 13.3 Å². The molecule has 4 heteroatoms. The smallest absolute Gasteiger partial charge is 0.246 e. The number of nitrogens with zero attached hydrogens (tertiary/aromatic N) is 1. The predicted molar refractivity (Wildman–Crippen MR) is 81.4 cm³/mol. The zero-order valence-electron chi connectivity index (χ0n) is 11.7. The van der Waals surface area contributed by atoms with Gasteiger partial charge in [0.05, 0.1) is 11.4 Å². The van der Waals surface area contributed by atoms with Crippen molar-refractivity contribution in [1.82, 2.24) is 0 Å². The molecule has 3 nitrogen and oxygen atoms in total. The molecule has 1 N–H and O–H groups in total. The Morgan fingerprint density at radius 2 is 1.90 bits per heavy atom. The Bertz CT molecular complexity index is 737. The van der Waals surface area contributed by atoms with E-state index in [4.69, 9.17) is 0 Å². The highest BCUT2D eigenvalue weighted by Gasteiger charge is 2.21. The Labute approximate surface area is 122 Å². The van der Waals surface area contributed by atoms with Gasteiger partial charge >= 0.3 is 0 Å². The quantitative estimate of drug-likeness (QED) is 0.903. The summed E-state index contributed by atoms with van der Waals surface area (Å²) in [4.78, 5) is 16.2. The number of carbonyl (C=O) groups is 1. The number of para-hydroxylation sites is 1. The first-order valence-electron chi connectivity index (χ1n) is 6.92. The van der Waals surface area contributed by atoms with Crippen molar-refractivity contribution in [3.8, 4) is 0 Å². The van der Waals surface area contributed by atoms with Crippen molar-refractivity contribution >= 4 is 17.3 Å². The lowest BCUT2D eigenvalue weighted by atomic mass is 9.96. The van der Waals surface area contributed by atoms with Gasteiger partial charge in [-0.05, 0) is 24.1 Å². The van der Waals surface area contributed by atoms with E-state index in [9.17, 15) is 9.18 Å². The first kappa shape index (κ1) is 13.5. The lowest BCUT2D eigenvalue weighted by Crippen LogP contribution is -2.14. The summed E-state index contributed by atoms with van der Waals surface area (Å²) in [5.74, 6) is -0.512. The number of fused-ring (bicyclic) bond motifs is 1. The van der Waals surface area contributed by atoms with Crippen LogP contribution in [0.3, 0.4) is 0 Å². The van der Waals surface area contributed by atoms with Gasteiger partial charge in [0.2, 0.25) is 5.91 Å². The molecule has 0 saturated heterocycles. The maximum Gasteiger partial charge on any atom is 0.246 e. The molecule has 0 aliphatic carbocycles. The van der Waals surface area contributed by atoms with Crippen molar-refractivity contribution in [2.24, 2.45) is 4.99 Å². The number of aryl methyl sites for hydroxylation is 1. The van der Waals surface area contributed by atoms with Crippen LogP contribution in [0, 0.1) is 5.82 Å². The molecule has 1 aliphatic rings. The minimum absolute atomic E-state index is 0.00149. The minimum Gasteiger partial charge on any atom is -0.324 e. The van der Waals surface area contributed by atoms with E-state index < -0.39 is 0 Å². The molecule has 0 spiro atoms. The van der Waals surface area contributed by atoms with Crippen LogP contribution in [0.15, 0.2) is 47.5 Å². The third kappa shape index (κ3) is 2.44. The molecule has 21 heavy (non-hydrogen) atoms. The van der Waals surface area contributed by atoms with E-state index in [0.29, 0.717) is 11.3 Å². The molecule has 106 valence electrons. The van der Waals surface area contributed by atoms with Crippen LogP contribution < -0.4 is 5.32 Å². The van der Waals surface area contributed by atoms with Crippen LogP contribution in [-0.2, 0) is 11.2 Å². The van der Waals surface area contributed by atoms with E-state index in [0.717, 1.165) is 23.2 Å². The Morgan fingerprint density at radius 3 is 2.67 bits per heavy atom. The fraction of sp³-hybridized carbons (Fsp3) is 0.176. The van der Waals surface area contributed by atoms with Gasteiger partial charge in [-0.1, -0.05) is 37.3 Å². The maximum absolute atomic E-state index is 14.1. The number of hydrogen-bond acceptors (Lipinski definition) is 2. The SMILES string of the molecule is CCc1cccc2c1NC(=O)CN=C2c1ccccc1F. The predicted octanol–water partition coefficient (Wildman–Crippen LogP) is 3.18. The zero-order valence-corrected chi connectivity index (χ0v) is 11.7. The van der Waals surface area contributed by atoms with Gasteiger partial charge in [-0.15, -0.1) is 0 Å². The number of hydrogen-bond donors (Lipinski definition) is 1. The number of amides is 1. The summed E-state index contributed by atoms with van der Waals surface area (Å²) in [6.45, 7) is 2.02. The van der Waals surface area contributed by atoms with E-state index in [1.807, 2.05) is 25.1 Å². The van der Waals surface area contributed by atoms with Crippen LogP contribution >= 0.6 is 0 Å². The Kier molecular flexibility index (Phi) is 3.52. The lowest BCUT2D eigenvalue weighted by Gasteiger charge is -2.14. The van der Waals surface area contributed by atoms with Gasteiger partial charge in [0.15, 0.2) is 0 Å². The van der Waals surface area contributed by atoms with E-state index in [-0.39, 0.29) is 18.3 Å². The summed E-state index contributed by atoms with van der Waals surface area (Å²) in [5, 5.41) is 2.89. The number of benzodiazepines with no additional fused rings is 1. The van der Waals surface area contributed by atoms with Crippen molar-refractivity contribution in [1.29, 1.82) is 0 Å². The van der Waals surface area contributed by atoms with Crippen LogP contribution in [-0.4, -0.2) is 18.2 Å². The Hall–Kier alpha value is -2.49. The average molecular weight is 282 g/mol.